The summed E-state index contributed by atoms with van der Waals surface area (Å²) < 4.78 is 10.9. The lowest BCUT2D eigenvalue weighted by atomic mass is 9.54. The molecule has 3 aromatic rings. The Bertz CT molecular complexity index is 1600. The molecule has 0 bridgehead atoms. The van der Waals surface area contributed by atoms with E-state index in [0.29, 0.717) is 47.8 Å². The van der Waals surface area contributed by atoms with Gasteiger partial charge < -0.3 is 14.8 Å². The van der Waals surface area contributed by atoms with Crippen molar-refractivity contribution in [2.45, 2.75) is 71.6 Å². The van der Waals surface area contributed by atoms with Crippen LogP contribution in [0.5, 0.6) is 11.5 Å². The number of fused-ring (bicyclic) bond motifs is 5. The molecule has 2 saturated carbocycles. The van der Waals surface area contributed by atoms with Crippen LogP contribution in [0.1, 0.15) is 84.7 Å². The van der Waals surface area contributed by atoms with Gasteiger partial charge in [0.25, 0.3) is 0 Å². The molecule has 0 spiro atoms. The zero-order valence-corrected chi connectivity index (χ0v) is 25.5. The molecule has 6 rings (SSSR count). The molecular weight excluding hydrogens is 564 g/mol. The number of aromatic nitrogens is 1. The second-order valence-electron chi connectivity index (χ2n) is 12.4. The Morgan fingerprint density at radius 2 is 1.93 bits per heavy atom. The molecule has 9 heteroatoms. The molecule has 0 aliphatic heterocycles. The maximum atomic E-state index is 13.4. The van der Waals surface area contributed by atoms with Gasteiger partial charge in [-0.2, -0.15) is 0 Å². The van der Waals surface area contributed by atoms with Gasteiger partial charge in [0.2, 0.25) is 5.91 Å². The molecule has 3 unspecified atom stereocenters. The molecule has 3 aliphatic rings. The summed E-state index contributed by atoms with van der Waals surface area (Å²) in [6, 6.07) is 12.4. The van der Waals surface area contributed by atoms with Gasteiger partial charge in [-0.15, -0.1) is 11.3 Å². The topological polar surface area (TPSA) is 112 Å². The minimum absolute atomic E-state index is 0.0469. The van der Waals surface area contributed by atoms with Crippen LogP contribution in [0.3, 0.4) is 0 Å². The SMILES string of the molecule is CC(=O)Oc1ccccc1C(=O)Oc1ccc2c(c1)CCC1C2CC[C@]2(C)C(=O)C[C@@H](CCC(=O)Nc3ncc(C)s3)C12. The lowest BCUT2D eigenvalue weighted by Crippen LogP contribution is -2.44. The number of thiazole rings is 1. The maximum absolute atomic E-state index is 13.4. The number of nitrogens with zero attached hydrogens (tertiary/aromatic N) is 1. The van der Waals surface area contributed by atoms with Gasteiger partial charge in [-0.3, -0.25) is 14.4 Å². The quantitative estimate of drug-likeness (QED) is 0.238. The van der Waals surface area contributed by atoms with Crippen molar-refractivity contribution in [3.8, 4) is 11.5 Å². The first-order chi connectivity index (χ1) is 20.6. The van der Waals surface area contributed by atoms with Gasteiger partial charge in [0, 0.05) is 36.3 Å². The molecule has 1 N–H and O–H groups in total. The van der Waals surface area contributed by atoms with Crippen LogP contribution in [0.4, 0.5) is 5.13 Å². The van der Waals surface area contributed by atoms with E-state index in [2.05, 4.69) is 23.3 Å². The fourth-order valence-corrected chi connectivity index (χ4v) is 8.58. The largest absolute Gasteiger partial charge is 0.426 e. The zero-order valence-electron chi connectivity index (χ0n) is 24.7. The Labute approximate surface area is 255 Å². The average molecular weight is 601 g/mol. The maximum Gasteiger partial charge on any atom is 0.347 e. The average Bonchev–Trinajstić information content (AvgIpc) is 3.50. The summed E-state index contributed by atoms with van der Waals surface area (Å²) in [5.41, 5.74) is 2.29. The van der Waals surface area contributed by atoms with Crippen LogP contribution in [-0.4, -0.2) is 28.6 Å². The lowest BCUT2D eigenvalue weighted by Gasteiger charge is -2.50. The molecule has 2 fully saturated rings. The number of Topliss-reactive ketones (excluding diaryl/α,β-unsaturated/α-hetero) is 1. The molecular formula is C34H36N2O6S. The lowest BCUT2D eigenvalue weighted by molar-refractivity contribution is -0.132. The monoisotopic (exact) mass is 600 g/mol. The van der Waals surface area contributed by atoms with Gasteiger partial charge in [-0.1, -0.05) is 25.1 Å². The van der Waals surface area contributed by atoms with Crippen molar-refractivity contribution in [1.29, 1.82) is 0 Å². The Hall–Kier alpha value is -3.85. The number of anilines is 1. The summed E-state index contributed by atoms with van der Waals surface area (Å²) in [6.07, 6.45) is 6.97. The number of hydrogen-bond donors (Lipinski definition) is 1. The van der Waals surface area contributed by atoms with Gasteiger partial charge >= 0.3 is 11.9 Å². The summed E-state index contributed by atoms with van der Waals surface area (Å²) in [4.78, 5) is 55.8. The van der Waals surface area contributed by atoms with Crippen LogP contribution in [0.25, 0.3) is 0 Å². The summed E-state index contributed by atoms with van der Waals surface area (Å²) >= 11 is 1.46. The molecule has 0 saturated heterocycles. The van der Waals surface area contributed by atoms with E-state index in [9.17, 15) is 19.2 Å². The highest BCUT2D eigenvalue weighted by atomic mass is 32.1. The third-order valence-corrected chi connectivity index (χ3v) is 10.6. The first-order valence-corrected chi connectivity index (χ1v) is 15.8. The van der Waals surface area contributed by atoms with Crippen LogP contribution in [0.2, 0.25) is 0 Å². The number of ether oxygens (including phenoxy) is 2. The number of benzene rings is 2. The highest BCUT2D eigenvalue weighted by Gasteiger charge is 2.58. The number of para-hydroxylation sites is 1. The second kappa shape index (κ2) is 11.7. The molecule has 43 heavy (non-hydrogen) atoms. The number of esters is 2. The molecule has 0 radical (unpaired) electrons. The molecule has 1 amide bonds. The van der Waals surface area contributed by atoms with E-state index in [4.69, 9.17) is 9.47 Å². The Kier molecular flexibility index (Phi) is 7.94. The van der Waals surface area contributed by atoms with E-state index in [-0.39, 0.29) is 34.5 Å². The molecule has 8 nitrogen and oxygen atoms in total. The van der Waals surface area contributed by atoms with Crippen LogP contribution in [0.15, 0.2) is 48.7 Å². The first-order valence-electron chi connectivity index (χ1n) is 15.0. The van der Waals surface area contributed by atoms with Crippen LogP contribution < -0.4 is 14.8 Å². The Morgan fingerprint density at radius 3 is 2.70 bits per heavy atom. The minimum Gasteiger partial charge on any atom is -0.426 e. The minimum atomic E-state index is -0.583. The number of hydrogen-bond acceptors (Lipinski definition) is 8. The fraction of sp³-hybridized carbons (Fsp3) is 0.441. The van der Waals surface area contributed by atoms with E-state index < -0.39 is 11.9 Å². The van der Waals surface area contributed by atoms with Crippen molar-refractivity contribution < 1.29 is 28.7 Å². The van der Waals surface area contributed by atoms with Crippen molar-refractivity contribution >= 4 is 40.1 Å². The zero-order chi connectivity index (χ0) is 30.3. The Morgan fingerprint density at radius 1 is 1.12 bits per heavy atom. The first kappa shape index (κ1) is 29.2. The molecule has 224 valence electrons. The number of aryl methyl sites for hydroxylation is 2. The highest BCUT2D eigenvalue weighted by Crippen LogP contribution is 2.62. The standard InChI is InChI=1S/C34H36N2O6S/c1-19-18-35-33(43-19)36-30(39)13-9-22-17-29(38)34(3)15-14-25-24-12-10-23(16-21(24)8-11-26(25)31(22)34)42-32(40)27-6-4-5-7-28(27)41-20(2)37/h4-7,10,12,16,18,22,25-26,31H,8-9,11,13-15,17H2,1-3H3,(H,35,36,39)/t22-,25?,26?,31?,34-/m1/s1. The van der Waals surface area contributed by atoms with Crippen molar-refractivity contribution in [2.75, 3.05) is 5.32 Å². The summed E-state index contributed by atoms with van der Waals surface area (Å²) in [5.74, 6) is 0.970. The van der Waals surface area contributed by atoms with E-state index in [1.54, 1.807) is 30.5 Å². The smallest absolute Gasteiger partial charge is 0.347 e. The van der Waals surface area contributed by atoms with E-state index in [1.807, 2.05) is 19.1 Å². The van der Waals surface area contributed by atoms with Gasteiger partial charge in [-0.25, -0.2) is 9.78 Å². The van der Waals surface area contributed by atoms with E-state index in [0.717, 1.165) is 30.6 Å². The highest BCUT2D eigenvalue weighted by molar-refractivity contribution is 7.15. The number of amides is 1. The van der Waals surface area contributed by atoms with Crippen LogP contribution in [0, 0.1) is 30.1 Å². The third-order valence-electron chi connectivity index (χ3n) is 9.72. The number of rotatable bonds is 7. The van der Waals surface area contributed by atoms with Crippen molar-refractivity contribution in [3.63, 3.8) is 0 Å². The summed E-state index contributed by atoms with van der Waals surface area (Å²) in [5, 5.41) is 3.54. The molecule has 2 aromatic carbocycles. The van der Waals surface area contributed by atoms with Gasteiger partial charge in [-0.05, 0) is 98.1 Å². The van der Waals surface area contributed by atoms with Gasteiger partial charge in [0.1, 0.15) is 22.8 Å². The second-order valence-corrected chi connectivity index (χ2v) is 13.6. The Balaban J connectivity index is 1.16. The number of carbonyl (C=O) groups excluding carboxylic acids is 4. The normalized spacial score (nSPS) is 25.7. The van der Waals surface area contributed by atoms with Crippen molar-refractivity contribution in [3.05, 3.63) is 70.2 Å². The van der Waals surface area contributed by atoms with E-state index in [1.165, 1.54) is 29.4 Å². The molecule has 1 heterocycles. The summed E-state index contributed by atoms with van der Waals surface area (Å²) in [6.45, 7) is 5.40. The van der Waals surface area contributed by atoms with Gasteiger partial charge in [0.15, 0.2) is 5.13 Å². The predicted octanol–water partition coefficient (Wildman–Crippen LogP) is 6.67. The summed E-state index contributed by atoms with van der Waals surface area (Å²) in [7, 11) is 0. The molecule has 1 aromatic heterocycles. The van der Waals surface area contributed by atoms with Crippen molar-refractivity contribution in [1.82, 2.24) is 4.98 Å². The molecule has 3 aliphatic carbocycles. The number of nitrogens with one attached hydrogen (secondary N) is 1. The fourth-order valence-electron chi connectivity index (χ4n) is 7.90. The number of ketones is 1. The van der Waals surface area contributed by atoms with Crippen LogP contribution in [-0.2, 0) is 20.8 Å². The molecule has 5 atom stereocenters. The van der Waals surface area contributed by atoms with Crippen molar-refractivity contribution in [2.24, 2.45) is 23.2 Å². The van der Waals surface area contributed by atoms with Gasteiger partial charge in [0.05, 0.1) is 0 Å². The van der Waals surface area contributed by atoms with Crippen LogP contribution >= 0.6 is 11.3 Å². The third kappa shape index (κ3) is 5.75. The van der Waals surface area contributed by atoms with E-state index >= 15 is 0 Å². The number of carbonyl (C=O) groups is 4. The predicted molar refractivity (Wildman–Crippen MR) is 162 cm³/mol.